The van der Waals surface area contributed by atoms with Gasteiger partial charge in [0.1, 0.15) is 5.56 Å². The van der Waals surface area contributed by atoms with Crippen LogP contribution in [0, 0.1) is 0 Å². The number of nitrogens with zero attached hydrogens (tertiary/aromatic N) is 1. The summed E-state index contributed by atoms with van der Waals surface area (Å²) in [6.45, 7) is 4.47. The number of anilines is 1. The van der Waals surface area contributed by atoms with E-state index >= 15 is 0 Å². The molecule has 0 unspecified atom stereocenters. The molecular weight excluding hydrogens is 296 g/mol. The summed E-state index contributed by atoms with van der Waals surface area (Å²) in [5.41, 5.74) is 6.62. The zero-order valence-electron chi connectivity index (χ0n) is 13.2. The highest BCUT2D eigenvalue weighted by atomic mass is 16.2. The van der Waals surface area contributed by atoms with E-state index in [2.05, 4.69) is 10.6 Å². The lowest BCUT2D eigenvalue weighted by molar-refractivity contribution is -0.118. The normalized spacial score (nSPS) is 10.5. The summed E-state index contributed by atoms with van der Waals surface area (Å²) >= 11 is 0. The average molecular weight is 316 g/mol. The van der Waals surface area contributed by atoms with Crippen LogP contribution in [0.1, 0.15) is 24.2 Å². The van der Waals surface area contributed by atoms with E-state index in [0.29, 0.717) is 29.7 Å². The van der Waals surface area contributed by atoms with Crippen LogP contribution in [0.4, 0.5) is 5.69 Å². The first-order valence-electron chi connectivity index (χ1n) is 7.40. The molecule has 23 heavy (non-hydrogen) atoms. The second kappa shape index (κ2) is 6.95. The SMILES string of the molecule is CCn1cc(C(=O)NCCNC(C)=O)c(=O)c2c(N)cccc21. The summed E-state index contributed by atoms with van der Waals surface area (Å²) in [7, 11) is 0. The zero-order valence-corrected chi connectivity index (χ0v) is 13.2. The number of nitrogen functional groups attached to an aromatic ring is 1. The molecule has 0 aliphatic heterocycles. The fraction of sp³-hybridized carbons (Fsp3) is 0.312. The van der Waals surface area contributed by atoms with Crippen LogP contribution in [-0.2, 0) is 11.3 Å². The summed E-state index contributed by atoms with van der Waals surface area (Å²) in [5, 5.41) is 5.54. The van der Waals surface area contributed by atoms with Gasteiger partial charge < -0.3 is 20.9 Å². The monoisotopic (exact) mass is 316 g/mol. The van der Waals surface area contributed by atoms with Crippen LogP contribution in [0.5, 0.6) is 0 Å². The second-order valence-electron chi connectivity index (χ2n) is 5.14. The number of fused-ring (bicyclic) bond motifs is 1. The lowest BCUT2D eigenvalue weighted by Crippen LogP contribution is -2.36. The Bertz CT molecular complexity index is 811. The Labute approximate surface area is 133 Å². The molecule has 0 aliphatic rings. The van der Waals surface area contributed by atoms with Crippen molar-refractivity contribution in [2.45, 2.75) is 20.4 Å². The fourth-order valence-corrected chi connectivity index (χ4v) is 2.40. The molecule has 7 nitrogen and oxygen atoms in total. The summed E-state index contributed by atoms with van der Waals surface area (Å²) in [6.07, 6.45) is 1.54. The van der Waals surface area contributed by atoms with Gasteiger partial charge in [-0.15, -0.1) is 0 Å². The smallest absolute Gasteiger partial charge is 0.256 e. The molecule has 2 rings (SSSR count). The van der Waals surface area contributed by atoms with Gasteiger partial charge in [0.2, 0.25) is 11.3 Å². The third-order valence-corrected chi connectivity index (χ3v) is 3.51. The number of nitrogens with two attached hydrogens (primary N) is 1. The Balaban J connectivity index is 2.35. The number of aromatic nitrogens is 1. The van der Waals surface area contributed by atoms with Crippen LogP contribution >= 0.6 is 0 Å². The van der Waals surface area contributed by atoms with Gasteiger partial charge in [-0.05, 0) is 19.1 Å². The number of hydrogen-bond acceptors (Lipinski definition) is 4. The topological polar surface area (TPSA) is 106 Å². The van der Waals surface area contributed by atoms with Crippen molar-refractivity contribution in [3.63, 3.8) is 0 Å². The molecule has 1 heterocycles. The molecule has 0 spiro atoms. The molecule has 0 saturated heterocycles. The third kappa shape index (κ3) is 3.50. The van der Waals surface area contributed by atoms with E-state index in [4.69, 9.17) is 5.73 Å². The summed E-state index contributed by atoms with van der Waals surface area (Å²) in [5.74, 6) is -0.654. The minimum atomic E-state index is -0.479. The first-order chi connectivity index (χ1) is 11.0. The van der Waals surface area contributed by atoms with Gasteiger partial charge in [0.25, 0.3) is 5.91 Å². The van der Waals surface area contributed by atoms with Gasteiger partial charge in [-0.3, -0.25) is 14.4 Å². The molecule has 4 N–H and O–H groups in total. The van der Waals surface area contributed by atoms with Crippen molar-refractivity contribution in [2.75, 3.05) is 18.8 Å². The highest BCUT2D eigenvalue weighted by Gasteiger charge is 2.16. The zero-order chi connectivity index (χ0) is 17.0. The molecule has 2 aromatic rings. The van der Waals surface area contributed by atoms with Gasteiger partial charge in [0.15, 0.2) is 0 Å². The molecule has 0 radical (unpaired) electrons. The Morgan fingerprint density at radius 1 is 1.22 bits per heavy atom. The first kappa shape index (κ1) is 16.5. The van der Waals surface area contributed by atoms with Crippen LogP contribution in [0.25, 0.3) is 10.9 Å². The van der Waals surface area contributed by atoms with Crippen molar-refractivity contribution >= 4 is 28.4 Å². The highest BCUT2D eigenvalue weighted by Crippen LogP contribution is 2.18. The van der Waals surface area contributed by atoms with Gasteiger partial charge in [-0.2, -0.15) is 0 Å². The van der Waals surface area contributed by atoms with Crippen LogP contribution in [0.3, 0.4) is 0 Å². The molecular formula is C16H20N4O3. The van der Waals surface area contributed by atoms with Crippen molar-refractivity contribution in [2.24, 2.45) is 0 Å². The van der Waals surface area contributed by atoms with Crippen molar-refractivity contribution in [3.05, 3.63) is 40.2 Å². The number of amides is 2. The van der Waals surface area contributed by atoms with E-state index < -0.39 is 5.91 Å². The van der Waals surface area contributed by atoms with E-state index in [-0.39, 0.29) is 23.4 Å². The number of rotatable bonds is 5. The van der Waals surface area contributed by atoms with E-state index in [9.17, 15) is 14.4 Å². The number of carbonyl (C=O) groups is 2. The number of benzene rings is 1. The molecule has 0 aliphatic carbocycles. The Kier molecular flexibility index (Phi) is 5.00. The van der Waals surface area contributed by atoms with Crippen molar-refractivity contribution in [1.82, 2.24) is 15.2 Å². The van der Waals surface area contributed by atoms with Gasteiger partial charge in [-0.1, -0.05) is 6.07 Å². The molecule has 1 aromatic carbocycles. The summed E-state index contributed by atoms with van der Waals surface area (Å²) < 4.78 is 1.82. The third-order valence-electron chi connectivity index (χ3n) is 3.51. The van der Waals surface area contributed by atoms with Crippen molar-refractivity contribution < 1.29 is 9.59 Å². The number of carbonyl (C=O) groups excluding carboxylic acids is 2. The second-order valence-corrected chi connectivity index (χ2v) is 5.14. The maximum Gasteiger partial charge on any atom is 0.256 e. The van der Waals surface area contributed by atoms with Crippen LogP contribution < -0.4 is 21.8 Å². The van der Waals surface area contributed by atoms with Crippen molar-refractivity contribution in [3.8, 4) is 0 Å². The largest absolute Gasteiger partial charge is 0.398 e. The minimum Gasteiger partial charge on any atom is -0.398 e. The number of hydrogen-bond donors (Lipinski definition) is 3. The molecule has 7 heteroatoms. The van der Waals surface area contributed by atoms with Gasteiger partial charge in [-0.25, -0.2) is 0 Å². The first-order valence-corrected chi connectivity index (χ1v) is 7.40. The molecule has 0 bridgehead atoms. The van der Waals surface area contributed by atoms with E-state index in [1.807, 2.05) is 11.5 Å². The molecule has 0 fully saturated rings. The number of aryl methyl sites for hydroxylation is 1. The lowest BCUT2D eigenvalue weighted by Gasteiger charge is -2.13. The maximum atomic E-state index is 12.6. The van der Waals surface area contributed by atoms with E-state index in [1.165, 1.54) is 13.1 Å². The number of pyridine rings is 1. The predicted molar refractivity (Wildman–Crippen MR) is 89.3 cm³/mol. The molecule has 122 valence electrons. The quantitative estimate of drug-likeness (QED) is 0.550. The molecule has 2 amide bonds. The molecule has 1 aromatic heterocycles. The standard InChI is InChI=1S/C16H20N4O3/c1-3-20-9-11(16(23)19-8-7-18-10(2)21)15(22)14-12(17)5-4-6-13(14)20/h4-6,9H,3,7-8,17H2,1-2H3,(H,18,21)(H,19,23). The van der Waals surface area contributed by atoms with Crippen LogP contribution in [0.15, 0.2) is 29.2 Å². The van der Waals surface area contributed by atoms with Gasteiger partial charge in [0, 0.05) is 38.4 Å². The van der Waals surface area contributed by atoms with Crippen molar-refractivity contribution in [1.29, 1.82) is 0 Å². The van der Waals surface area contributed by atoms with Crippen LogP contribution in [0.2, 0.25) is 0 Å². The van der Waals surface area contributed by atoms with Gasteiger partial charge >= 0.3 is 0 Å². The maximum absolute atomic E-state index is 12.6. The average Bonchev–Trinajstić information content (AvgIpc) is 2.51. The Hall–Kier alpha value is -2.83. The summed E-state index contributed by atoms with van der Waals surface area (Å²) in [4.78, 5) is 35.6. The van der Waals surface area contributed by atoms with Gasteiger partial charge in [0.05, 0.1) is 10.9 Å². The van der Waals surface area contributed by atoms with E-state index in [0.717, 1.165) is 0 Å². The van der Waals surface area contributed by atoms with E-state index in [1.54, 1.807) is 18.2 Å². The fourth-order valence-electron chi connectivity index (χ4n) is 2.40. The molecule has 0 atom stereocenters. The Morgan fingerprint density at radius 3 is 2.57 bits per heavy atom. The predicted octanol–water partition coefficient (Wildman–Crippen LogP) is 0.469. The minimum absolute atomic E-state index is 0.0417. The lowest BCUT2D eigenvalue weighted by atomic mass is 10.1. The summed E-state index contributed by atoms with van der Waals surface area (Å²) in [6, 6.07) is 5.22. The molecule has 0 saturated carbocycles. The van der Waals surface area contributed by atoms with Crippen LogP contribution in [-0.4, -0.2) is 29.5 Å². The highest BCUT2D eigenvalue weighted by molar-refractivity contribution is 6.00. The number of nitrogens with one attached hydrogen (secondary N) is 2. The Morgan fingerprint density at radius 2 is 1.91 bits per heavy atom.